The Hall–Kier alpha value is -4.31. The summed E-state index contributed by atoms with van der Waals surface area (Å²) in [7, 11) is 0. The average molecular weight is 588 g/mol. The lowest BCUT2D eigenvalue weighted by Crippen LogP contribution is -2.53. The molecule has 0 spiro atoms. The molecule has 2 unspecified atom stereocenters. The maximum atomic E-state index is 13.8. The predicted molar refractivity (Wildman–Crippen MR) is 156 cm³/mol. The minimum atomic E-state index is -1.02. The van der Waals surface area contributed by atoms with E-state index in [1.54, 1.807) is 23.5 Å². The summed E-state index contributed by atoms with van der Waals surface area (Å²) < 4.78 is 16.5. The fraction of sp³-hybridized carbons (Fsp3) is 0.312. The number of carbonyl (C=O) groups is 4. The van der Waals surface area contributed by atoms with E-state index in [0.29, 0.717) is 18.4 Å². The number of benzene rings is 2. The summed E-state index contributed by atoms with van der Waals surface area (Å²) in [6.45, 7) is 0.202. The van der Waals surface area contributed by atoms with Gasteiger partial charge in [0.15, 0.2) is 0 Å². The molecule has 8 nitrogen and oxygen atoms in total. The third-order valence-corrected chi connectivity index (χ3v) is 9.33. The standard InChI is InChI=1S/C32H30FN3O5S/c33-22-8-5-18(6-9-22)13-25(34-28(38)15-21-17-42-27-4-2-1-3-23(21)27)31(39)35-24-10-7-19-11-12-36-16-20(32(40)41)14-26(37)29(24)30(19)36/h1-6,8-9,11-12,17,20,24-25,29H,7,10,13-16H2,(H,34,38)(H,35,39)(H,40,41)/t20-,24-,25?,29?/m0/s1. The zero-order valence-electron chi connectivity index (χ0n) is 22.7. The van der Waals surface area contributed by atoms with Crippen LogP contribution in [-0.2, 0) is 45.0 Å². The van der Waals surface area contributed by atoms with Crippen LogP contribution in [0, 0.1) is 11.7 Å². The second-order valence-electron chi connectivity index (χ2n) is 11.1. The van der Waals surface area contributed by atoms with Gasteiger partial charge in [-0.1, -0.05) is 30.3 Å². The van der Waals surface area contributed by atoms with Crippen molar-refractivity contribution in [3.63, 3.8) is 0 Å². The van der Waals surface area contributed by atoms with E-state index < -0.39 is 41.6 Å². The molecule has 4 atom stereocenters. The number of carboxylic acid groups (broad SMARTS) is 1. The normalized spacial score (nSPS) is 20.4. The number of nitrogens with zero attached hydrogens (tertiary/aromatic N) is 1. The molecule has 2 aromatic carbocycles. The number of aromatic nitrogens is 1. The molecule has 4 aromatic rings. The van der Waals surface area contributed by atoms with Crippen LogP contribution in [0.15, 0.2) is 66.2 Å². The summed E-state index contributed by atoms with van der Waals surface area (Å²) in [4.78, 5) is 52.3. The van der Waals surface area contributed by atoms with Crippen LogP contribution >= 0.6 is 11.3 Å². The van der Waals surface area contributed by atoms with Crippen molar-refractivity contribution < 1.29 is 28.7 Å². The number of thiophene rings is 1. The van der Waals surface area contributed by atoms with Gasteiger partial charge < -0.3 is 20.3 Å². The Bertz CT molecular complexity index is 1680. The van der Waals surface area contributed by atoms with Gasteiger partial charge in [0.05, 0.1) is 18.3 Å². The topological polar surface area (TPSA) is 118 Å². The predicted octanol–water partition coefficient (Wildman–Crippen LogP) is 4.00. The fourth-order valence-electron chi connectivity index (χ4n) is 6.25. The van der Waals surface area contributed by atoms with Crippen LogP contribution in [-0.4, -0.2) is 45.3 Å². The number of halogens is 1. The van der Waals surface area contributed by atoms with Crippen molar-refractivity contribution in [3.05, 3.63) is 94.4 Å². The largest absolute Gasteiger partial charge is 0.481 e. The molecule has 3 heterocycles. The number of aliphatic carboxylic acids is 1. The van der Waals surface area contributed by atoms with E-state index in [2.05, 4.69) is 10.6 Å². The van der Waals surface area contributed by atoms with Crippen molar-refractivity contribution >= 4 is 45.0 Å². The number of hydrogen-bond donors (Lipinski definition) is 3. The number of Topliss-reactive ketones (excluding diaryl/α,β-unsaturated/α-hetero) is 1. The summed E-state index contributed by atoms with van der Waals surface area (Å²) in [6, 6.07) is 14.0. The Morgan fingerprint density at radius 1 is 1.10 bits per heavy atom. The number of carbonyl (C=O) groups excluding carboxylic acids is 3. The lowest BCUT2D eigenvalue weighted by Gasteiger charge is -2.33. The van der Waals surface area contributed by atoms with Crippen LogP contribution in [0.5, 0.6) is 0 Å². The van der Waals surface area contributed by atoms with Crippen molar-refractivity contribution in [2.75, 3.05) is 0 Å². The van der Waals surface area contributed by atoms with E-state index in [1.807, 2.05) is 46.5 Å². The number of carboxylic acids is 1. The van der Waals surface area contributed by atoms with Gasteiger partial charge in [-0.25, -0.2) is 4.39 Å². The van der Waals surface area contributed by atoms with Gasteiger partial charge in [-0.15, -0.1) is 11.3 Å². The number of hydrogen-bond acceptors (Lipinski definition) is 5. The van der Waals surface area contributed by atoms with E-state index in [-0.39, 0.29) is 37.5 Å². The quantitative estimate of drug-likeness (QED) is 0.288. The van der Waals surface area contributed by atoms with Gasteiger partial charge in [-0.2, -0.15) is 0 Å². The van der Waals surface area contributed by atoms with Gasteiger partial charge in [0, 0.05) is 42.0 Å². The van der Waals surface area contributed by atoms with E-state index in [1.165, 1.54) is 12.1 Å². The zero-order chi connectivity index (χ0) is 29.4. The molecule has 10 heteroatoms. The first-order chi connectivity index (χ1) is 20.3. The van der Waals surface area contributed by atoms with E-state index in [4.69, 9.17) is 0 Å². The molecule has 0 fully saturated rings. The minimum Gasteiger partial charge on any atom is -0.481 e. The SMILES string of the molecule is O=C(Cc1csc2ccccc12)NC(Cc1ccc(F)cc1)C(=O)N[C@H]1CCc2ccn3c2C1C(=O)C[C@H](C(=O)O)C3. The van der Waals surface area contributed by atoms with Crippen LogP contribution < -0.4 is 10.6 Å². The molecule has 1 aliphatic carbocycles. The fourth-order valence-corrected chi connectivity index (χ4v) is 7.22. The molecule has 0 saturated heterocycles. The van der Waals surface area contributed by atoms with Crippen molar-refractivity contribution in [2.45, 2.75) is 56.7 Å². The van der Waals surface area contributed by atoms with E-state index >= 15 is 0 Å². The summed E-state index contributed by atoms with van der Waals surface area (Å²) in [5.74, 6) is -3.91. The van der Waals surface area contributed by atoms with Gasteiger partial charge in [0.25, 0.3) is 0 Å². The molecule has 2 aromatic heterocycles. The number of aryl methyl sites for hydroxylation is 1. The van der Waals surface area contributed by atoms with Gasteiger partial charge in [-0.05, 0) is 64.6 Å². The Kier molecular flexibility index (Phi) is 7.64. The second kappa shape index (κ2) is 11.5. The Morgan fingerprint density at radius 3 is 2.67 bits per heavy atom. The highest BCUT2D eigenvalue weighted by Crippen LogP contribution is 2.38. The molecule has 0 radical (unpaired) electrons. The van der Waals surface area contributed by atoms with Crippen LogP contribution in [0.2, 0.25) is 0 Å². The molecule has 216 valence electrons. The maximum Gasteiger partial charge on any atom is 0.308 e. The zero-order valence-corrected chi connectivity index (χ0v) is 23.5. The molecule has 1 aliphatic heterocycles. The summed E-state index contributed by atoms with van der Waals surface area (Å²) >= 11 is 1.55. The molecular weight excluding hydrogens is 557 g/mol. The van der Waals surface area contributed by atoms with Crippen molar-refractivity contribution in [1.29, 1.82) is 0 Å². The lowest BCUT2D eigenvalue weighted by atomic mass is 9.79. The molecule has 2 aliphatic rings. The van der Waals surface area contributed by atoms with E-state index in [0.717, 1.165) is 26.9 Å². The number of amides is 2. The second-order valence-corrected chi connectivity index (χ2v) is 12.0. The maximum absolute atomic E-state index is 13.8. The molecule has 42 heavy (non-hydrogen) atoms. The highest BCUT2D eigenvalue weighted by molar-refractivity contribution is 7.17. The number of fused-ring (bicyclic) bond motifs is 1. The highest BCUT2D eigenvalue weighted by atomic mass is 32.1. The Labute approximate surface area is 245 Å². The molecule has 3 N–H and O–H groups in total. The van der Waals surface area contributed by atoms with Crippen molar-refractivity contribution in [2.24, 2.45) is 5.92 Å². The molecule has 0 bridgehead atoms. The number of nitrogens with one attached hydrogen (secondary N) is 2. The molecule has 0 saturated carbocycles. The Balaban J connectivity index is 1.23. The number of rotatable bonds is 8. The monoisotopic (exact) mass is 587 g/mol. The molecular formula is C32H30FN3O5S. The van der Waals surface area contributed by atoms with Crippen LogP contribution in [0.3, 0.4) is 0 Å². The van der Waals surface area contributed by atoms with Gasteiger partial charge in [0.1, 0.15) is 17.6 Å². The van der Waals surface area contributed by atoms with Gasteiger partial charge in [-0.3, -0.25) is 19.2 Å². The van der Waals surface area contributed by atoms with Crippen LogP contribution in [0.25, 0.3) is 10.1 Å². The summed E-state index contributed by atoms with van der Waals surface area (Å²) in [5.41, 5.74) is 3.30. The Morgan fingerprint density at radius 2 is 1.88 bits per heavy atom. The van der Waals surface area contributed by atoms with Crippen molar-refractivity contribution in [3.8, 4) is 0 Å². The third-order valence-electron chi connectivity index (χ3n) is 8.32. The first-order valence-corrected chi connectivity index (χ1v) is 14.9. The molecule has 2 amide bonds. The van der Waals surface area contributed by atoms with Crippen LogP contribution in [0.1, 0.15) is 41.1 Å². The van der Waals surface area contributed by atoms with Crippen molar-refractivity contribution in [1.82, 2.24) is 15.2 Å². The van der Waals surface area contributed by atoms with Crippen LogP contribution in [0.4, 0.5) is 4.39 Å². The van der Waals surface area contributed by atoms with Gasteiger partial charge >= 0.3 is 5.97 Å². The number of ketones is 1. The first-order valence-electron chi connectivity index (χ1n) is 14.0. The van der Waals surface area contributed by atoms with E-state index in [9.17, 15) is 28.7 Å². The highest BCUT2D eigenvalue weighted by Gasteiger charge is 2.42. The minimum absolute atomic E-state index is 0.0925. The smallest absolute Gasteiger partial charge is 0.308 e. The molecule has 6 rings (SSSR count). The summed E-state index contributed by atoms with van der Waals surface area (Å²) in [6.07, 6.45) is 3.08. The summed E-state index contributed by atoms with van der Waals surface area (Å²) in [5, 5.41) is 18.5. The average Bonchev–Trinajstić information content (AvgIpc) is 3.53. The van der Waals surface area contributed by atoms with Gasteiger partial charge in [0.2, 0.25) is 11.8 Å². The first kappa shape index (κ1) is 27.8. The lowest BCUT2D eigenvalue weighted by molar-refractivity contribution is -0.144. The third kappa shape index (κ3) is 5.59.